The molecule has 8 heteroatoms. The van der Waals surface area contributed by atoms with E-state index in [-0.39, 0.29) is 35.6 Å². The molecule has 2 aromatic rings. The number of pyridine rings is 1. The van der Waals surface area contributed by atoms with Gasteiger partial charge in [-0.1, -0.05) is 18.2 Å². The first-order valence-corrected chi connectivity index (χ1v) is 9.90. The van der Waals surface area contributed by atoms with Gasteiger partial charge in [-0.3, -0.25) is 4.79 Å². The van der Waals surface area contributed by atoms with Crippen LogP contribution in [0.25, 0.3) is 0 Å². The molecular formula is C19H23N3O4S. The molecule has 0 aliphatic rings. The van der Waals surface area contributed by atoms with Crippen LogP contribution in [0.1, 0.15) is 29.8 Å². The molecule has 1 amide bonds. The van der Waals surface area contributed by atoms with Gasteiger partial charge < -0.3 is 10.1 Å². The largest absolute Gasteiger partial charge is 0.475 e. The van der Waals surface area contributed by atoms with Crippen molar-refractivity contribution < 1.29 is 17.9 Å². The first-order chi connectivity index (χ1) is 12.8. The molecule has 0 saturated heterocycles. The van der Waals surface area contributed by atoms with Gasteiger partial charge in [0, 0.05) is 30.9 Å². The summed E-state index contributed by atoms with van der Waals surface area (Å²) in [6, 6.07) is 9.39. The van der Waals surface area contributed by atoms with Crippen molar-refractivity contribution in [3.05, 3.63) is 66.4 Å². The molecule has 1 heterocycles. The van der Waals surface area contributed by atoms with Crippen molar-refractivity contribution in [1.29, 1.82) is 0 Å². The van der Waals surface area contributed by atoms with E-state index in [9.17, 15) is 13.2 Å². The van der Waals surface area contributed by atoms with Crippen molar-refractivity contribution in [3.8, 4) is 5.88 Å². The highest BCUT2D eigenvalue weighted by Crippen LogP contribution is 2.12. The maximum Gasteiger partial charge on any atom is 0.251 e. The third-order valence-corrected chi connectivity index (χ3v) is 4.85. The molecule has 0 saturated carbocycles. The quantitative estimate of drug-likeness (QED) is 0.641. The second-order valence-electron chi connectivity index (χ2n) is 6.02. The van der Waals surface area contributed by atoms with Crippen molar-refractivity contribution >= 4 is 15.9 Å². The van der Waals surface area contributed by atoms with Gasteiger partial charge in [0.15, 0.2) is 0 Å². The van der Waals surface area contributed by atoms with Gasteiger partial charge >= 0.3 is 0 Å². The highest BCUT2D eigenvalue weighted by atomic mass is 32.2. The fourth-order valence-corrected chi connectivity index (χ4v) is 3.21. The second-order valence-corrected chi connectivity index (χ2v) is 7.79. The number of ether oxygens (including phenoxy) is 1. The Morgan fingerprint density at radius 3 is 2.70 bits per heavy atom. The Kier molecular flexibility index (Phi) is 7.09. The highest BCUT2D eigenvalue weighted by Gasteiger charge is 2.15. The number of hydrogen-bond donors (Lipinski definition) is 2. The van der Waals surface area contributed by atoms with Gasteiger partial charge in [0.1, 0.15) is 0 Å². The van der Waals surface area contributed by atoms with Crippen molar-refractivity contribution in [2.24, 2.45) is 0 Å². The molecule has 144 valence electrons. The van der Waals surface area contributed by atoms with Crippen molar-refractivity contribution in [2.45, 2.75) is 31.4 Å². The zero-order valence-corrected chi connectivity index (χ0v) is 16.1. The molecular weight excluding hydrogens is 366 g/mol. The van der Waals surface area contributed by atoms with E-state index < -0.39 is 10.0 Å². The minimum Gasteiger partial charge on any atom is -0.475 e. The normalized spacial score (nSPS) is 11.2. The Labute approximate surface area is 159 Å². The maximum absolute atomic E-state index is 12.3. The van der Waals surface area contributed by atoms with Crippen molar-refractivity contribution in [2.75, 3.05) is 6.54 Å². The van der Waals surface area contributed by atoms with Crippen molar-refractivity contribution in [1.82, 2.24) is 15.0 Å². The fourth-order valence-electron chi connectivity index (χ4n) is 2.17. The van der Waals surface area contributed by atoms with Crippen LogP contribution in [-0.4, -0.2) is 32.0 Å². The summed E-state index contributed by atoms with van der Waals surface area (Å²) in [5.74, 6) is 0.142. The number of carbonyl (C=O) groups is 1. The van der Waals surface area contributed by atoms with E-state index in [4.69, 9.17) is 4.74 Å². The molecule has 2 rings (SSSR count). The van der Waals surface area contributed by atoms with Crippen LogP contribution in [0, 0.1) is 0 Å². The number of carbonyl (C=O) groups excluding carboxylic acids is 1. The number of amides is 1. The topological polar surface area (TPSA) is 97.4 Å². The Hall–Kier alpha value is -2.71. The van der Waals surface area contributed by atoms with Gasteiger partial charge in [-0.05, 0) is 37.6 Å². The van der Waals surface area contributed by atoms with E-state index in [1.54, 1.807) is 18.3 Å². The molecule has 0 unspecified atom stereocenters. The number of rotatable bonds is 9. The van der Waals surface area contributed by atoms with Gasteiger partial charge in [-0.15, -0.1) is 6.58 Å². The summed E-state index contributed by atoms with van der Waals surface area (Å²) in [4.78, 5) is 16.5. The average Bonchev–Trinajstić information content (AvgIpc) is 2.65. The molecule has 0 atom stereocenters. The maximum atomic E-state index is 12.3. The molecule has 0 spiro atoms. The SMILES string of the molecule is C=CCNS(=O)(=O)c1cccc(C(=O)NCc2ccc(OC(C)C)nc2)c1. The van der Waals surface area contributed by atoms with Crippen LogP contribution in [0.5, 0.6) is 5.88 Å². The first kappa shape index (κ1) is 20.6. The fraction of sp³-hybridized carbons (Fsp3) is 0.263. The molecule has 7 nitrogen and oxygen atoms in total. The zero-order chi connectivity index (χ0) is 19.9. The summed E-state index contributed by atoms with van der Waals surface area (Å²) in [5.41, 5.74) is 1.06. The van der Waals surface area contributed by atoms with Crippen LogP contribution >= 0.6 is 0 Å². The van der Waals surface area contributed by atoms with E-state index >= 15 is 0 Å². The Balaban J connectivity index is 2.02. The third kappa shape index (κ3) is 6.19. The standard InChI is InChI=1S/C19H23N3O4S/c1-4-10-22-27(24,25)17-7-5-6-16(11-17)19(23)21-13-15-8-9-18(20-12-15)26-14(2)3/h4-9,11-12,14,22H,1,10,13H2,2-3H3,(H,21,23). The smallest absolute Gasteiger partial charge is 0.251 e. The lowest BCUT2D eigenvalue weighted by molar-refractivity contribution is 0.0950. The predicted octanol–water partition coefficient (Wildman–Crippen LogP) is 2.26. The van der Waals surface area contributed by atoms with Gasteiger partial charge in [0.25, 0.3) is 5.91 Å². The van der Waals surface area contributed by atoms with E-state index in [0.29, 0.717) is 5.88 Å². The van der Waals surface area contributed by atoms with Crippen molar-refractivity contribution in [3.63, 3.8) is 0 Å². The molecule has 0 aliphatic heterocycles. The molecule has 27 heavy (non-hydrogen) atoms. The monoisotopic (exact) mass is 389 g/mol. The summed E-state index contributed by atoms with van der Waals surface area (Å²) >= 11 is 0. The predicted molar refractivity (Wildman–Crippen MR) is 103 cm³/mol. The van der Waals surface area contributed by atoms with E-state index in [0.717, 1.165) is 5.56 Å². The van der Waals surface area contributed by atoms with Gasteiger partial charge in [0.05, 0.1) is 11.0 Å². The van der Waals surface area contributed by atoms with Gasteiger partial charge in [-0.25, -0.2) is 18.1 Å². The minimum atomic E-state index is -3.69. The number of nitrogens with one attached hydrogen (secondary N) is 2. The average molecular weight is 389 g/mol. The number of sulfonamides is 1. The summed E-state index contributed by atoms with van der Waals surface area (Å²) in [6.07, 6.45) is 3.10. The van der Waals surface area contributed by atoms with Crippen LogP contribution < -0.4 is 14.8 Å². The number of benzene rings is 1. The Morgan fingerprint density at radius 2 is 2.07 bits per heavy atom. The summed E-state index contributed by atoms with van der Waals surface area (Å²) in [7, 11) is -3.69. The second kappa shape index (κ2) is 9.29. The number of hydrogen-bond acceptors (Lipinski definition) is 5. The minimum absolute atomic E-state index is 0.0221. The summed E-state index contributed by atoms with van der Waals surface area (Å²) < 4.78 is 32.1. The molecule has 0 fully saturated rings. The van der Waals surface area contributed by atoms with Crippen LogP contribution in [-0.2, 0) is 16.6 Å². The first-order valence-electron chi connectivity index (χ1n) is 8.42. The molecule has 1 aromatic carbocycles. The molecule has 1 aromatic heterocycles. The summed E-state index contributed by atoms with van der Waals surface area (Å²) in [6.45, 7) is 7.68. The molecule has 0 radical (unpaired) electrons. The van der Waals surface area contributed by atoms with Crippen LogP contribution in [0.3, 0.4) is 0 Å². The number of nitrogens with zero attached hydrogens (tertiary/aromatic N) is 1. The summed E-state index contributed by atoms with van der Waals surface area (Å²) in [5, 5.41) is 2.75. The molecule has 0 aliphatic carbocycles. The highest BCUT2D eigenvalue weighted by molar-refractivity contribution is 7.89. The van der Waals surface area contributed by atoms with Crippen LogP contribution in [0.4, 0.5) is 0 Å². The Morgan fingerprint density at radius 1 is 1.30 bits per heavy atom. The molecule has 2 N–H and O–H groups in total. The van der Waals surface area contributed by atoms with Crippen LogP contribution in [0.15, 0.2) is 60.1 Å². The van der Waals surface area contributed by atoms with Gasteiger partial charge in [-0.2, -0.15) is 0 Å². The van der Waals surface area contributed by atoms with E-state index in [1.165, 1.54) is 24.3 Å². The lowest BCUT2D eigenvalue weighted by atomic mass is 10.2. The van der Waals surface area contributed by atoms with E-state index in [1.807, 2.05) is 19.9 Å². The van der Waals surface area contributed by atoms with Crippen LogP contribution in [0.2, 0.25) is 0 Å². The lowest BCUT2D eigenvalue weighted by Gasteiger charge is -2.10. The third-order valence-electron chi connectivity index (χ3n) is 3.43. The lowest BCUT2D eigenvalue weighted by Crippen LogP contribution is -2.25. The number of aromatic nitrogens is 1. The van der Waals surface area contributed by atoms with E-state index in [2.05, 4.69) is 21.6 Å². The zero-order valence-electron chi connectivity index (χ0n) is 15.3. The molecule has 0 bridgehead atoms. The Bertz CT molecular complexity index is 893. The van der Waals surface area contributed by atoms with Gasteiger partial charge in [0.2, 0.25) is 15.9 Å².